The number of methoxy groups -OCH3 is 1. The molecule has 16 heavy (non-hydrogen) atoms. The van der Waals surface area contributed by atoms with Crippen LogP contribution in [0.5, 0.6) is 5.75 Å². The lowest BCUT2D eigenvalue weighted by molar-refractivity contribution is -0.147. The predicted octanol–water partition coefficient (Wildman–Crippen LogP) is 0.978. The van der Waals surface area contributed by atoms with Gasteiger partial charge in [-0.05, 0) is 24.3 Å². The summed E-state index contributed by atoms with van der Waals surface area (Å²) in [6.45, 7) is -0.0369. The Labute approximate surface area is 92.6 Å². The summed E-state index contributed by atoms with van der Waals surface area (Å²) in [5.74, 6) is -0.712. The normalized spacial score (nSPS) is 11.8. The van der Waals surface area contributed by atoms with Gasteiger partial charge >= 0.3 is 5.97 Å². The molecule has 0 amide bonds. The average molecular weight is 224 g/mol. The highest BCUT2D eigenvalue weighted by Gasteiger charge is 2.18. The molecule has 1 rings (SSSR count). The van der Waals surface area contributed by atoms with E-state index in [2.05, 4.69) is 0 Å². The fourth-order valence-corrected chi connectivity index (χ4v) is 1.10. The summed E-state index contributed by atoms with van der Waals surface area (Å²) in [7, 11) is 1.40. The number of hydrogen-bond donors (Lipinski definition) is 1. The first-order valence-corrected chi connectivity index (χ1v) is 4.61. The highest BCUT2D eigenvalue weighted by molar-refractivity contribution is 5.75. The molecule has 0 spiro atoms. The van der Waals surface area contributed by atoms with Crippen LogP contribution in [0.4, 0.5) is 0 Å². The van der Waals surface area contributed by atoms with E-state index >= 15 is 0 Å². The zero-order valence-electron chi connectivity index (χ0n) is 8.75. The molecule has 1 aromatic rings. The Kier molecular flexibility index (Phi) is 4.47. The molecule has 1 N–H and O–H groups in total. The summed E-state index contributed by atoms with van der Waals surface area (Å²) in [4.78, 5) is 21.2. The van der Waals surface area contributed by atoms with Gasteiger partial charge in [0.1, 0.15) is 12.0 Å². The van der Waals surface area contributed by atoms with Gasteiger partial charge in [0.15, 0.2) is 0 Å². The Hall–Kier alpha value is -1.88. The van der Waals surface area contributed by atoms with Crippen molar-refractivity contribution in [2.45, 2.75) is 6.10 Å². The van der Waals surface area contributed by atoms with Gasteiger partial charge in [-0.2, -0.15) is 0 Å². The lowest BCUT2D eigenvalue weighted by Gasteiger charge is -2.13. The maximum atomic E-state index is 10.8. The summed E-state index contributed by atoms with van der Waals surface area (Å²) >= 11 is 0. The number of rotatable bonds is 6. The number of hydrogen-bond acceptors (Lipinski definition) is 4. The summed E-state index contributed by atoms with van der Waals surface area (Å²) in [5.41, 5.74) is 0.506. The lowest BCUT2D eigenvalue weighted by Crippen LogP contribution is -2.31. The summed E-state index contributed by atoms with van der Waals surface area (Å²) < 4.78 is 9.90. The molecule has 0 aliphatic rings. The van der Waals surface area contributed by atoms with Crippen molar-refractivity contribution >= 4 is 12.3 Å². The van der Waals surface area contributed by atoms with Gasteiger partial charge in [-0.25, -0.2) is 4.79 Å². The first-order chi connectivity index (χ1) is 7.67. The average Bonchev–Trinajstić information content (AvgIpc) is 2.29. The Bertz CT molecular complexity index is 357. The number of carboxylic acid groups (broad SMARTS) is 1. The van der Waals surface area contributed by atoms with Crippen molar-refractivity contribution in [2.24, 2.45) is 0 Å². The fraction of sp³-hybridized carbons (Fsp3) is 0.273. The topological polar surface area (TPSA) is 72.8 Å². The van der Waals surface area contributed by atoms with E-state index in [0.29, 0.717) is 17.6 Å². The van der Waals surface area contributed by atoms with Crippen molar-refractivity contribution in [3.63, 3.8) is 0 Å². The van der Waals surface area contributed by atoms with Crippen molar-refractivity contribution in [2.75, 3.05) is 13.7 Å². The second kappa shape index (κ2) is 5.87. The second-order valence-corrected chi connectivity index (χ2v) is 3.09. The van der Waals surface area contributed by atoms with E-state index in [0.717, 1.165) is 0 Å². The van der Waals surface area contributed by atoms with Gasteiger partial charge in [0.05, 0.1) is 6.61 Å². The summed E-state index contributed by atoms with van der Waals surface area (Å²) in [6.07, 6.45) is -0.347. The van der Waals surface area contributed by atoms with E-state index in [-0.39, 0.29) is 6.61 Å². The number of aliphatic carboxylic acids is 1. The monoisotopic (exact) mass is 224 g/mol. The zero-order chi connectivity index (χ0) is 12.0. The molecule has 1 atom stereocenters. The third-order valence-corrected chi connectivity index (χ3v) is 1.89. The Morgan fingerprint density at radius 3 is 2.50 bits per heavy atom. The standard InChI is InChI=1S/C11H12O5/c1-15-7-10(11(13)14)16-9-4-2-8(6-12)3-5-9/h2-6,10H,7H2,1H3,(H,13,14). The molecule has 1 unspecified atom stereocenters. The quantitative estimate of drug-likeness (QED) is 0.729. The van der Waals surface area contributed by atoms with Crippen LogP contribution < -0.4 is 4.74 Å². The van der Waals surface area contributed by atoms with Gasteiger partial charge in [0, 0.05) is 12.7 Å². The number of aldehydes is 1. The predicted molar refractivity (Wildman–Crippen MR) is 55.8 cm³/mol. The van der Waals surface area contributed by atoms with Crippen LogP contribution in [-0.4, -0.2) is 37.2 Å². The molecule has 0 aromatic heterocycles. The largest absolute Gasteiger partial charge is 0.478 e. The fourth-order valence-electron chi connectivity index (χ4n) is 1.10. The van der Waals surface area contributed by atoms with Gasteiger partial charge in [0.2, 0.25) is 6.10 Å². The minimum Gasteiger partial charge on any atom is -0.478 e. The molecule has 0 radical (unpaired) electrons. The molecule has 1 aromatic carbocycles. The maximum Gasteiger partial charge on any atom is 0.347 e. The SMILES string of the molecule is COCC(Oc1ccc(C=O)cc1)C(=O)O. The van der Waals surface area contributed by atoms with Gasteiger partial charge in [-0.3, -0.25) is 4.79 Å². The first-order valence-electron chi connectivity index (χ1n) is 4.61. The maximum absolute atomic E-state index is 10.8. The van der Waals surface area contributed by atoms with Crippen LogP contribution in [0.25, 0.3) is 0 Å². The molecule has 5 nitrogen and oxygen atoms in total. The molecular formula is C11H12O5. The molecule has 86 valence electrons. The van der Waals surface area contributed by atoms with Crippen LogP contribution in [0.15, 0.2) is 24.3 Å². The number of carbonyl (C=O) groups excluding carboxylic acids is 1. The molecule has 0 aliphatic heterocycles. The zero-order valence-corrected chi connectivity index (χ0v) is 8.75. The first kappa shape index (κ1) is 12.2. The van der Waals surface area contributed by atoms with Crippen LogP contribution in [0.2, 0.25) is 0 Å². The third-order valence-electron chi connectivity index (χ3n) is 1.89. The third kappa shape index (κ3) is 3.36. The molecular weight excluding hydrogens is 212 g/mol. The summed E-state index contributed by atoms with van der Waals surface area (Å²) in [6, 6.07) is 6.17. The van der Waals surface area contributed by atoms with E-state index in [9.17, 15) is 9.59 Å². The molecule has 0 aliphatic carbocycles. The van der Waals surface area contributed by atoms with E-state index in [1.54, 1.807) is 12.1 Å². The van der Waals surface area contributed by atoms with E-state index < -0.39 is 12.1 Å². The van der Waals surface area contributed by atoms with Crippen LogP contribution in [0.3, 0.4) is 0 Å². The minimum absolute atomic E-state index is 0.0369. The van der Waals surface area contributed by atoms with Crippen molar-refractivity contribution in [1.82, 2.24) is 0 Å². The Balaban J connectivity index is 2.69. The number of benzene rings is 1. The highest BCUT2D eigenvalue weighted by atomic mass is 16.5. The molecule has 0 bridgehead atoms. The van der Waals surface area contributed by atoms with Crippen LogP contribution in [-0.2, 0) is 9.53 Å². The van der Waals surface area contributed by atoms with Crippen molar-refractivity contribution < 1.29 is 24.2 Å². The van der Waals surface area contributed by atoms with Gasteiger partial charge in [-0.15, -0.1) is 0 Å². The van der Waals surface area contributed by atoms with Crippen molar-refractivity contribution in [3.8, 4) is 5.75 Å². The summed E-state index contributed by atoms with van der Waals surface area (Å²) in [5, 5.41) is 8.81. The van der Waals surface area contributed by atoms with Crippen LogP contribution in [0, 0.1) is 0 Å². The molecule has 0 heterocycles. The molecule has 0 fully saturated rings. The van der Waals surface area contributed by atoms with Crippen LogP contribution >= 0.6 is 0 Å². The Morgan fingerprint density at radius 2 is 2.06 bits per heavy atom. The smallest absolute Gasteiger partial charge is 0.347 e. The van der Waals surface area contributed by atoms with E-state index in [1.807, 2.05) is 0 Å². The van der Waals surface area contributed by atoms with E-state index in [1.165, 1.54) is 19.2 Å². The molecule has 5 heteroatoms. The van der Waals surface area contributed by atoms with Gasteiger partial charge < -0.3 is 14.6 Å². The van der Waals surface area contributed by atoms with Crippen LogP contribution in [0.1, 0.15) is 10.4 Å². The Morgan fingerprint density at radius 1 is 1.44 bits per heavy atom. The molecule has 0 saturated heterocycles. The molecule has 0 saturated carbocycles. The number of carboxylic acids is 1. The van der Waals surface area contributed by atoms with Gasteiger partial charge in [0.25, 0.3) is 0 Å². The van der Waals surface area contributed by atoms with Gasteiger partial charge in [-0.1, -0.05) is 0 Å². The second-order valence-electron chi connectivity index (χ2n) is 3.09. The lowest BCUT2D eigenvalue weighted by atomic mass is 10.2. The van der Waals surface area contributed by atoms with Crippen molar-refractivity contribution in [1.29, 1.82) is 0 Å². The number of carbonyl (C=O) groups is 2. The van der Waals surface area contributed by atoms with E-state index in [4.69, 9.17) is 14.6 Å². The number of ether oxygens (including phenoxy) is 2. The highest BCUT2D eigenvalue weighted by Crippen LogP contribution is 2.13. The minimum atomic E-state index is -1.10. The van der Waals surface area contributed by atoms with Crippen molar-refractivity contribution in [3.05, 3.63) is 29.8 Å².